The fourth-order valence-corrected chi connectivity index (χ4v) is 2.44. The molecular formula is C15H27NO4. The highest BCUT2D eigenvalue weighted by Crippen LogP contribution is 2.18. The van der Waals surface area contributed by atoms with Gasteiger partial charge in [0.2, 0.25) is 0 Å². The van der Waals surface area contributed by atoms with E-state index < -0.39 is 5.97 Å². The number of ether oxygens (including phenoxy) is 1. The van der Waals surface area contributed by atoms with E-state index in [9.17, 15) is 9.59 Å². The summed E-state index contributed by atoms with van der Waals surface area (Å²) in [5, 5.41) is 8.89. The molecule has 1 saturated heterocycles. The molecule has 0 aromatic carbocycles. The summed E-state index contributed by atoms with van der Waals surface area (Å²) in [5.41, 5.74) is 0. The van der Waals surface area contributed by atoms with Crippen molar-refractivity contribution in [1.29, 1.82) is 0 Å². The zero-order valence-corrected chi connectivity index (χ0v) is 12.5. The van der Waals surface area contributed by atoms with Crippen LogP contribution in [0.15, 0.2) is 0 Å². The van der Waals surface area contributed by atoms with E-state index in [1.807, 2.05) is 0 Å². The molecule has 1 aliphatic heterocycles. The summed E-state index contributed by atoms with van der Waals surface area (Å²) in [6.07, 6.45) is 7.77. The molecule has 0 aromatic rings. The lowest BCUT2D eigenvalue weighted by Crippen LogP contribution is -2.40. The molecule has 1 N–H and O–H groups in total. The predicted molar refractivity (Wildman–Crippen MR) is 76.7 cm³/mol. The first-order valence-electron chi connectivity index (χ1n) is 7.79. The van der Waals surface area contributed by atoms with E-state index in [0.29, 0.717) is 32.5 Å². The van der Waals surface area contributed by atoms with Crippen molar-refractivity contribution in [3.05, 3.63) is 0 Å². The van der Waals surface area contributed by atoms with Crippen LogP contribution in [0.1, 0.15) is 58.3 Å². The number of amides is 1. The molecule has 0 aromatic heterocycles. The Morgan fingerprint density at radius 3 is 2.30 bits per heavy atom. The topological polar surface area (TPSA) is 66.8 Å². The van der Waals surface area contributed by atoms with Crippen LogP contribution in [0.25, 0.3) is 0 Å². The number of rotatable bonds is 8. The Kier molecular flexibility index (Phi) is 8.07. The maximum atomic E-state index is 11.8. The van der Waals surface area contributed by atoms with Crippen LogP contribution < -0.4 is 0 Å². The second kappa shape index (κ2) is 9.61. The lowest BCUT2D eigenvalue weighted by molar-refractivity contribution is -0.143. The second-order valence-corrected chi connectivity index (χ2v) is 5.48. The molecule has 5 nitrogen and oxygen atoms in total. The number of hydrogen-bond donors (Lipinski definition) is 1. The first-order valence-corrected chi connectivity index (χ1v) is 7.79. The fraction of sp³-hybridized carbons (Fsp3) is 0.867. The molecule has 0 radical (unpaired) electrons. The third-order valence-electron chi connectivity index (χ3n) is 3.83. The van der Waals surface area contributed by atoms with Gasteiger partial charge in [-0.15, -0.1) is 0 Å². The maximum Gasteiger partial charge on any atom is 0.409 e. The molecule has 1 aliphatic rings. The van der Waals surface area contributed by atoms with Crippen LogP contribution in [0.4, 0.5) is 4.79 Å². The Labute approximate surface area is 121 Å². The smallest absolute Gasteiger partial charge is 0.409 e. The van der Waals surface area contributed by atoms with E-state index in [2.05, 4.69) is 6.92 Å². The molecule has 0 aliphatic carbocycles. The Bertz CT molecular complexity index is 298. The Hall–Kier alpha value is -1.26. The Morgan fingerprint density at radius 1 is 1.10 bits per heavy atom. The molecule has 1 rings (SSSR count). The van der Waals surface area contributed by atoms with Gasteiger partial charge in [0.1, 0.15) is 0 Å². The second-order valence-electron chi connectivity index (χ2n) is 5.48. The third kappa shape index (κ3) is 6.26. The summed E-state index contributed by atoms with van der Waals surface area (Å²) in [5.74, 6) is -1.07. The first kappa shape index (κ1) is 16.8. The van der Waals surface area contributed by atoms with Gasteiger partial charge in [0.05, 0.1) is 12.5 Å². The number of unbranched alkanes of at least 4 members (excludes halogenated alkanes) is 5. The molecular weight excluding hydrogens is 258 g/mol. The van der Waals surface area contributed by atoms with Gasteiger partial charge in [-0.3, -0.25) is 4.79 Å². The minimum atomic E-state index is -0.759. The van der Waals surface area contributed by atoms with Gasteiger partial charge in [-0.2, -0.15) is 0 Å². The molecule has 1 amide bonds. The van der Waals surface area contributed by atoms with Gasteiger partial charge >= 0.3 is 12.1 Å². The van der Waals surface area contributed by atoms with E-state index in [4.69, 9.17) is 9.84 Å². The van der Waals surface area contributed by atoms with Gasteiger partial charge in [-0.25, -0.2) is 4.79 Å². The predicted octanol–water partition coefficient (Wildman–Crippen LogP) is 3.28. The van der Waals surface area contributed by atoms with Gasteiger partial charge in [-0.1, -0.05) is 39.0 Å². The van der Waals surface area contributed by atoms with E-state index in [1.54, 1.807) is 4.90 Å². The number of carboxylic acids is 1. The Balaban J connectivity index is 2.04. The highest BCUT2D eigenvalue weighted by molar-refractivity contribution is 5.71. The molecule has 116 valence electrons. The highest BCUT2D eigenvalue weighted by Gasteiger charge is 2.27. The zero-order chi connectivity index (χ0) is 14.8. The highest BCUT2D eigenvalue weighted by atomic mass is 16.6. The van der Waals surface area contributed by atoms with E-state index >= 15 is 0 Å². The van der Waals surface area contributed by atoms with Crippen LogP contribution in [-0.2, 0) is 9.53 Å². The Morgan fingerprint density at radius 2 is 1.70 bits per heavy atom. The number of aliphatic carboxylic acids is 1. The molecule has 0 unspecified atom stereocenters. The minimum absolute atomic E-state index is 0.289. The lowest BCUT2D eigenvalue weighted by atomic mass is 9.97. The van der Waals surface area contributed by atoms with Crippen molar-refractivity contribution in [3.8, 4) is 0 Å². The largest absolute Gasteiger partial charge is 0.481 e. The molecule has 0 spiro atoms. The van der Waals surface area contributed by atoms with Crippen molar-refractivity contribution in [3.63, 3.8) is 0 Å². The van der Waals surface area contributed by atoms with Crippen molar-refractivity contribution in [2.45, 2.75) is 58.3 Å². The normalized spacial score (nSPS) is 16.1. The summed E-state index contributed by atoms with van der Waals surface area (Å²) < 4.78 is 5.22. The lowest BCUT2D eigenvalue weighted by Gasteiger charge is -2.29. The van der Waals surface area contributed by atoms with Gasteiger partial charge < -0.3 is 14.7 Å². The van der Waals surface area contributed by atoms with E-state index in [1.165, 1.54) is 25.7 Å². The van der Waals surface area contributed by atoms with Crippen molar-refractivity contribution in [1.82, 2.24) is 4.90 Å². The monoisotopic (exact) mass is 285 g/mol. The van der Waals surface area contributed by atoms with Crippen molar-refractivity contribution in [2.24, 2.45) is 5.92 Å². The van der Waals surface area contributed by atoms with E-state index in [0.717, 1.165) is 12.8 Å². The van der Waals surface area contributed by atoms with Crippen LogP contribution >= 0.6 is 0 Å². The van der Waals surface area contributed by atoms with Crippen LogP contribution in [0.2, 0.25) is 0 Å². The number of carboxylic acid groups (broad SMARTS) is 1. The van der Waals surface area contributed by atoms with Crippen LogP contribution in [0, 0.1) is 5.92 Å². The van der Waals surface area contributed by atoms with Crippen molar-refractivity contribution >= 4 is 12.1 Å². The summed E-state index contributed by atoms with van der Waals surface area (Å²) in [7, 11) is 0. The molecule has 1 fully saturated rings. The minimum Gasteiger partial charge on any atom is -0.481 e. The number of nitrogens with zero attached hydrogens (tertiary/aromatic N) is 1. The third-order valence-corrected chi connectivity index (χ3v) is 3.83. The number of piperidine rings is 1. The molecule has 1 heterocycles. The molecule has 20 heavy (non-hydrogen) atoms. The van der Waals surface area contributed by atoms with Crippen LogP contribution in [0.5, 0.6) is 0 Å². The standard InChI is InChI=1S/C15H27NO4/c1-2-3-4-5-6-7-12-20-15(19)16-10-8-13(9-11-16)14(17)18/h13H,2-12H2,1H3,(H,17,18). The summed E-state index contributed by atoms with van der Waals surface area (Å²) >= 11 is 0. The van der Waals surface area contributed by atoms with Gasteiger partial charge in [-0.05, 0) is 19.3 Å². The first-order chi connectivity index (χ1) is 9.65. The number of likely N-dealkylation sites (tertiary alicyclic amines) is 1. The summed E-state index contributed by atoms with van der Waals surface area (Å²) in [6, 6.07) is 0. The summed E-state index contributed by atoms with van der Waals surface area (Å²) in [4.78, 5) is 24.2. The molecule has 0 saturated carbocycles. The van der Waals surface area contributed by atoms with Gasteiger partial charge in [0.25, 0.3) is 0 Å². The molecule has 5 heteroatoms. The maximum absolute atomic E-state index is 11.8. The van der Waals surface area contributed by atoms with Gasteiger partial charge in [0, 0.05) is 13.1 Å². The van der Waals surface area contributed by atoms with Crippen molar-refractivity contribution < 1.29 is 19.4 Å². The van der Waals surface area contributed by atoms with Crippen LogP contribution in [0.3, 0.4) is 0 Å². The quantitative estimate of drug-likeness (QED) is 0.695. The SMILES string of the molecule is CCCCCCCCOC(=O)N1CCC(C(=O)O)CC1. The molecule has 0 atom stereocenters. The average molecular weight is 285 g/mol. The number of carbonyl (C=O) groups excluding carboxylic acids is 1. The number of hydrogen-bond acceptors (Lipinski definition) is 3. The zero-order valence-electron chi connectivity index (χ0n) is 12.5. The fourth-order valence-electron chi connectivity index (χ4n) is 2.44. The van der Waals surface area contributed by atoms with Gasteiger partial charge in [0.15, 0.2) is 0 Å². The summed E-state index contributed by atoms with van der Waals surface area (Å²) in [6.45, 7) is 3.65. The van der Waals surface area contributed by atoms with Crippen LogP contribution in [-0.4, -0.2) is 41.8 Å². The average Bonchev–Trinajstić information content (AvgIpc) is 2.46. The molecule has 0 bridgehead atoms. The van der Waals surface area contributed by atoms with Crippen molar-refractivity contribution in [2.75, 3.05) is 19.7 Å². The number of carbonyl (C=O) groups is 2. The van der Waals surface area contributed by atoms with E-state index in [-0.39, 0.29) is 12.0 Å².